The quantitative estimate of drug-likeness (QED) is 0.856. The summed E-state index contributed by atoms with van der Waals surface area (Å²) >= 11 is 3.43. The zero-order valence-corrected chi connectivity index (χ0v) is 14.7. The van der Waals surface area contributed by atoms with Gasteiger partial charge in [-0.2, -0.15) is 0 Å². The highest BCUT2D eigenvalue weighted by atomic mass is 79.9. The Labute approximate surface area is 149 Å². The Hall–Kier alpha value is -2.21. The van der Waals surface area contributed by atoms with Crippen molar-refractivity contribution in [3.05, 3.63) is 64.4 Å². The molecule has 124 valence electrons. The third-order valence-electron chi connectivity index (χ3n) is 4.04. The van der Waals surface area contributed by atoms with E-state index in [0.717, 1.165) is 15.6 Å². The minimum atomic E-state index is -0.290. The SMILES string of the molecule is O=C(NCc1cccnc1)C1CC(=O)N(Cc2cccc(Br)c2)C1. The number of benzene rings is 1. The van der Waals surface area contributed by atoms with Crippen molar-refractivity contribution in [3.8, 4) is 0 Å². The minimum absolute atomic E-state index is 0.0245. The molecule has 2 amide bonds. The number of nitrogens with zero attached hydrogens (tertiary/aromatic N) is 2. The second kappa shape index (κ2) is 7.57. The third-order valence-corrected chi connectivity index (χ3v) is 4.53. The molecule has 0 spiro atoms. The summed E-state index contributed by atoms with van der Waals surface area (Å²) in [6.07, 6.45) is 3.69. The molecule has 1 aliphatic heterocycles. The molecule has 1 atom stereocenters. The Balaban J connectivity index is 1.55. The van der Waals surface area contributed by atoms with E-state index in [9.17, 15) is 9.59 Å². The zero-order chi connectivity index (χ0) is 16.9. The maximum atomic E-state index is 12.3. The molecule has 6 heteroatoms. The highest BCUT2D eigenvalue weighted by Crippen LogP contribution is 2.21. The number of halogens is 1. The predicted octanol–water partition coefficient (Wildman–Crippen LogP) is 2.51. The summed E-state index contributed by atoms with van der Waals surface area (Å²) in [7, 11) is 0. The van der Waals surface area contributed by atoms with E-state index in [-0.39, 0.29) is 24.2 Å². The van der Waals surface area contributed by atoms with Gasteiger partial charge in [0.1, 0.15) is 0 Å². The topological polar surface area (TPSA) is 62.3 Å². The van der Waals surface area contributed by atoms with Crippen LogP contribution in [-0.2, 0) is 22.7 Å². The molecule has 24 heavy (non-hydrogen) atoms. The minimum Gasteiger partial charge on any atom is -0.352 e. The van der Waals surface area contributed by atoms with E-state index in [1.54, 1.807) is 17.3 Å². The fourth-order valence-corrected chi connectivity index (χ4v) is 3.24. The van der Waals surface area contributed by atoms with Gasteiger partial charge in [0.15, 0.2) is 0 Å². The highest BCUT2D eigenvalue weighted by molar-refractivity contribution is 9.10. The second-order valence-electron chi connectivity index (χ2n) is 5.88. The molecule has 0 bridgehead atoms. The van der Waals surface area contributed by atoms with Crippen LogP contribution in [0.2, 0.25) is 0 Å². The lowest BCUT2D eigenvalue weighted by atomic mass is 10.1. The molecule has 1 aliphatic rings. The van der Waals surface area contributed by atoms with E-state index in [0.29, 0.717) is 19.6 Å². The van der Waals surface area contributed by atoms with Gasteiger partial charge < -0.3 is 10.2 Å². The first kappa shape index (κ1) is 16.6. The first-order chi connectivity index (χ1) is 11.6. The van der Waals surface area contributed by atoms with Gasteiger partial charge >= 0.3 is 0 Å². The maximum Gasteiger partial charge on any atom is 0.225 e. The summed E-state index contributed by atoms with van der Waals surface area (Å²) in [4.78, 5) is 30.2. The smallest absolute Gasteiger partial charge is 0.225 e. The van der Waals surface area contributed by atoms with E-state index >= 15 is 0 Å². The van der Waals surface area contributed by atoms with Crippen molar-refractivity contribution in [3.63, 3.8) is 0 Å². The zero-order valence-electron chi connectivity index (χ0n) is 13.1. The first-order valence-electron chi connectivity index (χ1n) is 7.80. The summed E-state index contributed by atoms with van der Waals surface area (Å²) in [5, 5.41) is 2.89. The highest BCUT2D eigenvalue weighted by Gasteiger charge is 2.34. The van der Waals surface area contributed by atoms with E-state index < -0.39 is 0 Å². The monoisotopic (exact) mass is 387 g/mol. The summed E-state index contributed by atoms with van der Waals surface area (Å²) in [6.45, 7) is 1.43. The van der Waals surface area contributed by atoms with Crippen LogP contribution in [0.25, 0.3) is 0 Å². The van der Waals surface area contributed by atoms with Crippen LogP contribution in [0.1, 0.15) is 17.5 Å². The Kier molecular flexibility index (Phi) is 5.25. The van der Waals surface area contributed by atoms with Crippen molar-refractivity contribution in [1.29, 1.82) is 0 Å². The molecule has 5 nitrogen and oxygen atoms in total. The van der Waals surface area contributed by atoms with Gasteiger partial charge in [0, 0.05) is 42.9 Å². The number of hydrogen-bond acceptors (Lipinski definition) is 3. The molecule has 0 radical (unpaired) electrons. The van der Waals surface area contributed by atoms with Crippen LogP contribution in [-0.4, -0.2) is 28.2 Å². The molecule has 1 saturated heterocycles. The van der Waals surface area contributed by atoms with Gasteiger partial charge in [-0.05, 0) is 29.3 Å². The molecular weight excluding hydrogens is 370 g/mol. The molecule has 2 aromatic rings. The molecule has 0 aliphatic carbocycles. The van der Waals surface area contributed by atoms with Crippen LogP contribution < -0.4 is 5.32 Å². The number of amides is 2. The van der Waals surface area contributed by atoms with Crippen molar-refractivity contribution < 1.29 is 9.59 Å². The Morgan fingerprint density at radius 3 is 2.88 bits per heavy atom. The van der Waals surface area contributed by atoms with Crippen LogP contribution in [0.4, 0.5) is 0 Å². The normalized spacial score (nSPS) is 17.1. The van der Waals surface area contributed by atoms with Gasteiger partial charge in [-0.15, -0.1) is 0 Å². The lowest BCUT2D eigenvalue weighted by molar-refractivity contribution is -0.129. The van der Waals surface area contributed by atoms with Gasteiger partial charge in [0.05, 0.1) is 5.92 Å². The largest absolute Gasteiger partial charge is 0.352 e. The maximum absolute atomic E-state index is 12.3. The molecule has 1 N–H and O–H groups in total. The van der Waals surface area contributed by atoms with Crippen molar-refractivity contribution in [1.82, 2.24) is 15.2 Å². The van der Waals surface area contributed by atoms with Crippen molar-refractivity contribution in [2.75, 3.05) is 6.54 Å². The molecule has 1 aromatic carbocycles. The third kappa shape index (κ3) is 4.20. The van der Waals surface area contributed by atoms with Gasteiger partial charge in [-0.3, -0.25) is 14.6 Å². The van der Waals surface area contributed by atoms with Crippen LogP contribution in [0.15, 0.2) is 53.3 Å². The second-order valence-corrected chi connectivity index (χ2v) is 6.80. The number of pyridine rings is 1. The molecular formula is C18H18BrN3O2. The molecule has 2 heterocycles. The Bertz CT molecular complexity index is 736. The van der Waals surface area contributed by atoms with Crippen molar-refractivity contribution >= 4 is 27.7 Å². The Morgan fingerprint density at radius 2 is 2.12 bits per heavy atom. The fraction of sp³-hybridized carbons (Fsp3) is 0.278. The van der Waals surface area contributed by atoms with Gasteiger partial charge in [0.25, 0.3) is 0 Å². The number of rotatable bonds is 5. The summed E-state index contributed by atoms with van der Waals surface area (Å²) < 4.78 is 0.984. The summed E-state index contributed by atoms with van der Waals surface area (Å²) in [6, 6.07) is 11.6. The number of likely N-dealkylation sites (tertiary alicyclic amines) is 1. The van der Waals surface area contributed by atoms with Gasteiger partial charge in [-0.1, -0.05) is 34.1 Å². The van der Waals surface area contributed by atoms with E-state index in [2.05, 4.69) is 26.2 Å². The lowest BCUT2D eigenvalue weighted by Crippen LogP contribution is -2.32. The first-order valence-corrected chi connectivity index (χ1v) is 8.60. The van der Waals surface area contributed by atoms with Crippen LogP contribution in [0.5, 0.6) is 0 Å². The fourth-order valence-electron chi connectivity index (χ4n) is 2.79. The summed E-state index contributed by atoms with van der Waals surface area (Å²) in [5.74, 6) is -0.346. The molecule has 1 aromatic heterocycles. The number of carbonyl (C=O) groups excluding carboxylic acids is 2. The van der Waals surface area contributed by atoms with E-state index in [1.807, 2.05) is 36.4 Å². The van der Waals surface area contributed by atoms with Crippen molar-refractivity contribution in [2.24, 2.45) is 5.92 Å². The van der Waals surface area contributed by atoms with E-state index in [1.165, 1.54) is 0 Å². The van der Waals surface area contributed by atoms with Crippen LogP contribution in [0.3, 0.4) is 0 Å². The molecule has 0 saturated carbocycles. The van der Waals surface area contributed by atoms with Crippen molar-refractivity contribution in [2.45, 2.75) is 19.5 Å². The number of hydrogen-bond donors (Lipinski definition) is 1. The average Bonchev–Trinajstić information content (AvgIpc) is 2.94. The molecule has 3 rings (SSSR count). The van der Waals surface area contributed by atoms with E-state index in [4.69, 9.17) is 0 Å². The average molecular weight is 388 g/mol. The number of aromatic nitrogens is 1. The van der Waals surface area contributed by atoms with Crippen LogP contribution >= 0.6 is 15.9 Å². The van der Waals surface area contributed by atoms with Crippen LogP contribution in [0, 0.1) is 5.92 Å². The number of carbonyl (C=O) groups is 2. The number of nitrogens with one attached hydrogen (secondary N) is 1. The molecule has 1 fully saturated rings. The predicted molar refractivity (Wildman–Crippen MR) is 93.7 cm³/mol. The lowest BCUT2D eigenvalue weighted by Gasteiger charge is -2.17. The molecule has 1 unspecified atom stereocenters. The summed E-state index contributed by atoms with van der Waals surface area (Å²) in [5.41, 5.74) is 2.00. The van der Waals surface area contributed by atoms with Gasteiger partial charge in [-0.25, -0.2) is 0 Å². The Morgan fingerprint density at radius 1 is 1.29 bits per heavy atom. The standard InChI is InChI=1S/C18H18BrN3O2/c19-16-5-1-3-13(7-16)11-22-12-15(8-17(22)23)18(24)21-10-14-4-2-6-20-9-14/h1-7,9,15H,8,10-12H2,(H,21,24). The van der Waals surface area contributed by atoms with Gasteiger partial charge in [0.2, 0.25) is 11.8 Å².